The lowest BCUT2D eigenvalue weighted by Gasteiger charge is -2.22. The van der Waals surface area contributed by atoms with Crippen molar-refractivity contribution in [2.45, 2.75) is 19.6 Å². The van der Waals surface area contributed by atoms with Gasteiger partial charge in [0, 0.05) is 26.1 Å². The van der Waals surface area contributed by atoms with E-state index in [0.717, 1.165) is 16.9 Å². The number of ether oxygens (including phenoxy) is 1. The van der Waals surface area contributed by atoms with E-state index in [4.69, 9.17) is 15.0 Å². The molecule has 0 fully saturated rings. The summed E-state index contributed by atoms with van der Waals surface area (Å²) in [5.41, 5.74) is 7.82. The molecular formula is C16H19N3O3. The summed E-state index contributed by atoms with van der Waals surface area (Å²) >= 11 is 0. The first-order valence-electron chi connectivity index (χ1n) is 7.38. The molecule has 1 amide bonds. The van der Waals surface area contributed by atoms with Gasteiger partial charge in [-0.25, -0.2) is 0 Å². The first-order chi connectivity index (χ1) is 10.8. The molecule has 1 aliphatic rings. The lowest BCUT2D eigenvalue weighted by molar-refractivity contribution is 0.0728. The van der Waals surface area contributed by atoms with Gasteiger partial charge in [0.2, 0.25) is 0 Å². The average Bonchev–Trinajstić information content (AvgIpc) is 2.99. The smallest absolute Gasteiger partial charge is 0.276 e. The molecule has 6 heteroatoms. The molecule has 1 aliphatic heterocycles. The monoisotopic (exact) mass is 301 g/mol. The highest BCUT2D eigenvalue weighted by atomic mass is 16.5. The Kier molecular flexibility index (Phi) is 4.50. The van der Waals surface area contributed by atoms with Crippen molar-refractivity contribution in [3.8, 4) is 0 Å². The van der Waals surface area contributed by atoms with Crippen molar-refractivity contribution in [1.29, 1.82) is 0 Å². The fraction of sp³-hybridized carbons (Fsp3) is 0.375. The van der Waals surface area contributed by atoms with Gasteiger partial charge in [-0.2, -0.15) is 0 Å². The maximum atomic E-state index is 12.8. The van der Waals surface area contributed by atoms with Gasteiger partial charge in [0.15, 0.2) is 5.69 Å². The summed E-state index contributed by atoms with van der Waals surface area (Å²) in [6.07, 6.45) is 0.658. The zero-order chi connectivity index (χ0) is 15.4. The van der Waals surface area contributed by atoms with E-state index in [1.54, 1.807) is 4.90 Å². The van der Waals surface area contributed by atoms with Crippen LogP contribution >= 0.6 is 0 Å². The summed E-state index contributed by atoms with van der Waals surface area (Å²) in [6, 6.07) is 9.82. The lowest BCUT2D eigenvalue weighted by atomic mass is 10.1. The normalized spacial score (nSPS) is 13.7. The molecule has 2 aromatic rings. The molecule has 116 valence electrons. The Morgan fingerprint density at radius 1 is 1.32 bits per heavy atom. The van der Waals surface area contributed by atoms with Gasteiger partial charge in [-0.15, -0.1) is 0 Å². The molecule has 1 aromatic carbocycles. The number of carbonyl (C=O) groups is 1. The molecule has 0 unspecified atom stereocenters. The number of amides is 1. The van der Waals surface area contributed by atoms with Crippen LogP contribution in [0.15, 0.2) is 34.9 Å². The van der Waals surface area contributed by atoms with Gasteiger partial charge in [0.1, 0.15) is 5.76 Å². The van der Waals surface area contributed by atoms with Crippen LogP contribution in [0.25, 0.3) is 0 Å². The van der Waals surface area contributed by atoms with Crippen molar-refractivity contribution in [2.24, 2.45) is 5.73 Å². The second-order valence-electron chi connectivity index (χ2n) is 5.24. The summed E-state index contributed by atoms with van der Waals surface area (Å²) in [4.78, 5) is 14.5. The SMILES string of the molecule is NCCN(Cc1ccccc1)C(=O)c1noc2c1COCC2. The van der Waals surface area contributed by atoms with E-state index < -0.39 is 0 Å². The average molecular weight is 301 g/mol. The standard InChI is InChI=1S/C16H19N3O3/c17-7-8-19(10-12-4-2-1-3-5-12)16(20)15-13-11-21-9-6-14(13)22-18-15/h1-5H,6-11,17H2. The minimum absolute atomic E-state index is 0.162. The molecular weight excluding hydrogens is 282 g/mol. The number of aromatic nitrogens is 1. The lowest BCUT2D eigenvalue weighted by Crippen LogP contribution is -2.35. The summed E-state index contributed by atoms with van der Waals surface area (Å²) in [5, 5.41) is 3.96. The van der Waals surface area contributed by atoms with Gasteiger partial charge < -0.3 is 19.9 Å². The predicted octanol–water partition coefficient (Wildman–Crippen LogP) is 1.35. The van der Waals surface area contributed by atoms with Crippen molar-refractivity contribution >= 4 is 5.91 Å². The highest BCUT2D eigenvalue weighted by molar-refractivity contribution is 5.93. The van der Waals surface area contributed by atoms with Gasteiger partial charge in [0.05, 0.1) is 18.8 Å². The quantitative estimate of drug-likeness (QED) is 0.901. The van der Waals surface area contributed by atoms with E-state index >= 15 is 0 Å². The van der Waals surface area contributed by atoms with Crippen LogP contribution in [0.3, 0.4) is 0 Å². The molecule has 0 aliphatic carbocycles. The van der Waals surface area contributed by atoms with Crippen LogP contribution in [0.2, 0.25) is 0 Å². The summed E-state index contributed by atoms with van der Waals surface area (Å²) in [6.45, 7) is 2.35. The van der Waals surface area contributed by atoms with Crippen molar-refractivity contribution in [3.05, 3.63) is 52.9 Å². The number of fused-ring (bicyclic) bond motifs is 1. The van der Waals surface area contributed by atoms with E-state index in [9.17, 15) is 4.79 Å². The molecule has 2 N–H and O–H groups in total. The van der Waals surface area contributed by atoms with Crippen LogP contribution in [0, 0.1) is 0 Å². The summed E-state index contributed by atoms with van der Waals surface area (Å²) in [7, 11) is 0. The van der Waals surface area contributed by atoms with Gasteiger partial charge in [-0.3, -0.25) is 4.79 Å². The number of rotatable bonds is 5. The van der Waals surface area contributed by atoms with Crippen molar-refractivity contribution in [3.63, 3.8) is 0 Å². The zero-order valence-corrected chi connectivity index (χ0v) is 12.3. The Bertz CT molecular complexity index is 639. The van der Waals surface area contributed by atoms with E-state index in [-0.39, 0.29) is 5.91 Å². The Morgan fingerprint density at radius 3 is 2.91 bits per heavy atom. The molecule has 1 aromatic heterocycles. The van der Waals surface area contributed by atoms with Crippen LogP contribution in [0.1, 0.15) is 27.4 Å². The third-order valence-electron chi connectivity index (χ3n) is 3.69. The molecule has 3 rings (SSSR count). The number of hydrogen-bond donors (Lipinski definition) is 1. The fourth-order valence-electron chi connectivity index (χ4n) is 2.56. The predicted molar refractivity (Wildman–Crippen MR) is 80.1 cm³/mol. The number of hydrogen-bond acceptors (Lipinski definition) is 5. The molecule has 0 saturated carbocycles. The second-order valence-corrected chi connectivity index (χ2v) is 5.24. The molecule has 0 atom stereocenters. The van der Waals surface area contributed by atoms with Crippen molar-refractivity contribution in [2.75, 3.05) is 19.7 Å². The van der Waals surface area contributed by atoms with Crippen molar-refractivity contribution in [1.82, 2.24) is 10.1 Å². The molecule has 6 nitrogen and oxygen atoms in total. The molecule has 0 radical (unpaired) electrons. The van der Waals surface area contributed by atoms with Crippen LogP contribution in [0.5, 0.6) is 0 Å². The van der Waals surface area contributed by atoms with Crippen LogP contribution in [-0.2, 0) is 24.3 Å². The molecule has 0 spiro atoms. The highest BCUT2D eigenvalue weighted by Gasteiger charge is 2.27. The fourth-order valence-corrected chi connectivity index (χ4v) is 2.56. The number of nitrogens with zero attached hydrogens (tertiary/aromatic N) is 2. The number of nitrogens with two attached hydrogens (primary N) is 1. The number of benzene rings is 1. The largest absolute Gasteiger partial charge is 0.376 e. The Balaban J connectivity index is 1.82. The first kappa shape index (κ1) is 14.7. The Labute approximate surface area is 128 Å². The minimum atomic E-state index is -0.162. The Morgan fingerprint density at radius 2 is 2.14 bits per heavy atom. The zero-order valence-electron chi connectivity index (χ0n) is 12.3. The minimum Gasteiger partial charge on any atom is -0.376 e. The highest BCUT2D eigenvalue weighted by Crippen LogP contribution is 2.22. The van der Waals surface area contributed by atoms with Gasteiger partial charge >= 0.3 is 0 Å². The molecule has 0 bridgehead atoms. The molecule has 0 saturated heterocycles. The summed E-state index contributed by atoms with van der Waals surface area (Å²) < 4.78 is 10.7. The third kappa shape index (κ3) is 3.03. The first-order valence-corrected chi connectivity index (χ1v) is 7.38. The maximum Gasteiger partial charge on any atom is 0.276 e. The van der Waals surface area contributed by atoms with Crippen molar-refractivity contribution < 1.29 is 14.1 Å². The Hall–Kier alpha value is -2.18. The molecule has 22 heavy (non-hydrogen) atoms. The van der Waals surface area contributed by atoms with Gasteiger partial charge in [-0.05, 0) is 5.56 Å². The van der Waals surface area contributed by atoms with E-state index in [1.807, 2.05) is 30.3 Å². The van der Waals surface area contributed by atoms with Crippen LogP contribution in [-0.4, -0.2) is 35.7 Å². The second kappa shape index (κ2) is 6.72. The number of carbonyl (C=O) groups excluding carboxylic acids is 1. The van der Waals surface area contributed by atoms with Gasteiger partial charge in [0.25, 0.3) is 5.91 Å². The third-order valence-corrected chi connectivity index (χ3v) is 3.69. The summed E-state index contributed by atoms with van der Waals surface area (Å²) in [5.74, 6) is 0.590. The topological polar surface area (TPSA) is 81.6 Å². The van der Waals surface area contributed by atoms with E-state index in [2.05, 4.69) is 5.16 Å². The maximum absolute atomic E-state index is 12.8. The van der Waals surface area contributed by atoms with Crippen LogP contribution < -0.4 is 5.73 Å². The van der Waals surface area contributed by atoms with Gasteiger partial charge in [-0.1, -0.05) is 35.5 Å². The molecule has 2 heterocycles. The van der Waals surface area contributed by atoms with E-state index in [0.29, 0.717) is 45.0 Å². The van der Waals surface area contributed by atoms with Crippen LogP contribution in [0.4, 0.5) is 0 Å². The van der Waals surface area contributed by atoms with E-state index in [1.165, 1.54) is 0 Å².